The molecule has 1 fully saturated rings. The van der Waals surface area contributed by atoms with E-state index in [2.05, 4.69) is 21.2 Å². The van der Waals surface area contributed by atoms with Crippen LogP contribution in [-0.2, 0) is 9.59 Å². The predicted molar refractivity (Wildman–Crippen MR) is 127 cm³/mol. The molecular formula is C24H22N4O3S. The Morgan fingerprint density at radius 2 is 1.97 bits per heavy atom. The topological polar surface area (TPSA) is 91.8 Å². The highest BCUT2D eigenvalue weighted by atomic mass is 32.2. The van der Waals surface area contributed by atoms with Crippen LogP contribution in [0, 0.1) is 5.92 Å². The van der Waals surface area contributed by atoms with E-state index in [0.717, 1.165) is 56.7 Å². The molecule has 7 nitrogen and oxygen atoms in total. The molecule has 0 saturated heterocycles. The average molecular weight is 447 g/mol. The summed E-state index contributed by atoms with van der Waals surface area (Å²) in [4.78, 5) is 25.9. The van der Waals surface area contributed by atoms with Crippen LogP contribution in [-0.4, -0.2) is 24.6 Å². The molecule has 8 heteroatoms. The van der Waals surface area contributed by atoms with Crippen molar-refractivity contribution in [3.63, 3.8) is 0 Å². The molecule has 32 heavy (non-hydrogen) atoms. The summed E-state index contributed by atoms with van der Waals surface area (Å²) in [6.07, 6.45) is 4.13. The highest BCUT2D eigenvalue weighted by Crippen LogP contribution is 2.44. The third-order valence-electron chi connectivity index (χ3n) is 5.43. The Labute approximate surface area is 190 Å². The number of hydrazone groups is 1. The number of anilines is 2. The maximum atomic E-state index is 12.6. The molecule has 2 amide bonds. The molecule has 0 spiro atoms. The molecule has 2 heterocycles. The molecule has 3 aliphatic rings. The van der Waals surface area contributed by atoms with Crippen molar-refractivity contribution in [3.05, 3.63) is 65.4 Å². The van der Waals surface area contributed by atoms with E-state index < -0.39 is 0 Å². The number of hydrogen-bond donors (Lipinski definition) is 3. The Kier molecular flexibility index (Phi) is 5.22. The van der Waals surface area contributed by atoms with Crippen LogP contribution in [0.4, 0.5) is 11.4 Å². The summed E-state index contributed by atoms with van der Waals surface area (Å²) in [5, 5.41) is 10.5. The normalized spacial score (nSPS) is 19.4. The molecule has 0 unspecified atom stereocenters. The van der Waals surface area contributed by atoms with Crippen molar-refractivity contribution in [3.8, 4) is 5.75 Å². The first kappa shape index (κ1) is 20.4. The molecule has 5 rings (SSSR count). The van der Waals surface area contributed by atoms with E-state index in [1.165, 1.54) is 6.92 Å². The van der Waals surface area contributed by atoms with E-state index in [4.69, 9.17) is 4.74 Å². The zero-order valence-corrected chi connectivity index (χ0v) is 18.5. The van der Waals surface area contributed by atoms with Gasteiger partial charge in [-0.05, 0) is 61.4 Å². The van der Waals surface area contributed by atoms with Crippen molar-refractivity contribution in [1.29, 1.82) is 0 Å². The second-order valence-corrected chi connectivity index (χ2v) is 8.97. The first-order chi connectivity index (χ1) is 15.5. The lowest BCUT2D eigenvalue weighted by atomic mass is 10.00. The summed E-state index contributed by atoms with van der Waals surface area (Å²) in [6.45, 7) is 1.49. The van der Waals surface area contributed by atoms with Gasteiger partial charge < -0.3 is 15.4 Å². The molecular weight excluding hydrogens is 424 g/mol. The molecule has 2 aliphatic heterocycles. The van der Waals surface area contributed by atoms with Crippen molar-refractivity contribution in [2.24, 2.45) is 11.0 Å². The molecule has 0 atom stereocenters. The van der Waals surface area contributed by atoms with Crippen molar-refractivity contribution in [2.45, 2.75) is 24.7 Å². The number of fused-ring (bicyclic) bond motifs is 1. The number of benzene rings is 2. The van der Waals surface area contributed by atoms with Crippen LogP contribution in [0.2, 0.25) is 0 Å². The van der Waals surface area contributed by atoms with E-state index in [0.29, 0.717) is 11.5 Å². The number of nitrogens with zero attached hydrogens (tertiary/aromatic N) is 1. The van der Waals surface area contributed by atoms with Gasteiger partial charge in [0.15, 0.2) is 0 Å². The summed E-state index contributed by atoms with van der Waals surface area (Å²) >= 11 is 1.59. The standard InChI is InChI=1S/C24H22N4O3S/c1-13(29)25-15-5-8-17(9-6-15)32-21-12-20(22-23(14-3-4-14)27-28-24(22)30)26-19-10-7-16(31-2)11-18(19)21/h5-12,14,26H,3-4H2,1-2H3,(H,25,29)(H,28,30)/b22-20-. The number of thioether (sulfide) groups is 1. The highest BCUT2D eigenvalue weighted by Gasteiger charge is 2.38. The number of methoxy groups -OCH3 is 1. The Morgan fingerprint density at radius 1 is 1.19 bits per heavy atom. The van der Waals surface area contributed by atoms with Crippen LogP contribution < -0.4 is 20.8 Å². The van der Waals surface area contributed by atoms with Gasteiger partial charge in [0.05, 0.1) is 24.1 Å². The number of nitrogens with one attached hydrogen (secondary N) is 3. The summed E-state index contributed by atoms with van der Waals surface area (Å²) in [5.74, 6) is 0.827. The molecule has 0 bridgehead atoms. The van der Waals surface area contributed by atoms with E-state index in [1.54, 1.807) is 18.9 Å². The SMILES string of the molecule is COc1ccc2c(c1)C(Sc1ccc(NC(C)=O)cc1)=C/C(=C1/C(=O)NN=C1C1CC1)N2. The van der Waals surface area contributed by atoms with Crippen LogP contribution in [0.1, 0.15) is 25.3 Å². The Balaban J connectivity index is 1.54. The number of allylic oxidation sites excluding steroid dienone is 1. The quantitative estimate of drug-likeness (QED) is 0.594. The number of carbonyl (C=O) groups is 2. The number of hydrogen-bond acceptors (Lipinski definition) is 6. The Hall–Kier alpha value is -3.52. The van der Waals surface area contributed by atoms with Crippen molar-refractivity contribution in [1.82, 2.24) is 5.43 Å². The van der Waals surface area contributed by atoms with Crippen LogP contribution in [0.3, 0.4) is 0 Å². The molecule has 2 aromatic rings. The van der Waals surface area contributed by atoms with E-state index >= 15 is 0 Å². The van der Waals surface area contributed by atoms with Crippen LogP contribution in [0.25, 0.3) is 4.91 Å². The number of amides is 2. The van der Waals surface area contributed by atoms with Gasteiger partial charge >= 0.3 is 0 Å². The largest absolute Gasteiger partial charge is 0.497 e. The summed E-state index contributed by atoms with van der Waals surface area (Å²) < 4.78 is 5.43. The highest BCUT2D eigenvalue weighted by molar-refractivity contribution is 8.08. The fourth-order valence-corrected chi connectivity index (χ4v) is 4.74. The second-order valence-electron chi connectivity index (χ2n) is 7.85. The van der Waals surface area contributed by atoms with Crippen LogP contribution in [0.5, 0.6) is 5.75 Å². The first-order valence-electron chi connectivity index (χ1n) is 10.4. The lowest BCUT2D eigenvalue weighted by molar-refractivity contribution is -0.116. The molecule has 3 N–H and O–H groups in total. The summed E-state index contributed by atoms with van der Waals surface area (Å²) in [7, 11) is 1.64. The Bertz CT molecular complexity index is 1210. The molecule has 162 valence electrons. The predicted octanol–water partition coefficient (Wildman–Crippen LogP) is 4.36. The van der Waals surface area contributed by atoms with Gasteiger partial charge in [0, 0.05) is 39.6 Å². The van der Waals surface area contributed by atoms with Crippen LogP contribution in [0.15, 0.2) is 69.8 Å². The molecule has 0 aromatic heterocycles. The third kappa shape index (κ3) is 4.01. The number of rotatable bonds is 5. The summed E-state index contributed by atoms with van der Waals surface area (Å²) in [6, 6.07) is 13.5. The lowest BCUT2D eigenvalue weighted by Crippen LogP contribution is -2.20. The van der Waals surface area contributed by atoms with Crippen molar-refractivity contribution < 1.29 is 14.3 Å². The minimum Gasteiger partial charge on any atom is -0.497 e. The van der Waals surface area contributed by atoms with Gasteiger partial charge in [-0.15, -0.1) is 0 Å². The minimum absolute atomic E-state index is 0.105. The maximum Gasteiger partial charge on any atom is 0.275 e. The maximum absolute atomic E-state index is 12.6. The van der Waals surface area contributed by atoms with Gasteiger partial charge in [0.25, 0.3) is 5.91 Å². The monoisotopic (exact) mass is 446 g/mol. The Morgan fingerprint density at radius 3 is 2.66 bits per heavy atom. The van der Waals surface area contributed by atoms with Gasteiger partial charge in [-0.1, -0.05) is 11.8 Å². The molecule has 1 saturated carbocycles. The second kappa shape index (κ2) is 8.20. The lowest BCUT2D eigenvalue weighted by Gasteiger charge is -2.23. The van der Waals surface area contributed by atoms with E-state index in [1.807, 2.05) is 48.5 Å². The number of ether oxygens (including phenoxy) is 1. The zero-order chi connectivity index (χ0) is 22.2. The fraction of sp³-hybridized carbons (Fsp3) is 0.208. The van der Waals surface area contributed by atoms with Crippen molar-refractivity contribution >= 4 is 45.6 Å². The third-order valence-corrected chi connectivity index (χ3v) is 6.50. The van der Waals surface area contributed by atoms with Gasteiger partial charge in [0.2, 0.25) is 5.91 Å². The van der Waals surface area contributed by atoms with Gasteiger partial charge in [0.1, 0.15) is 5.75 Å². The van der Waals surface area contributed by atoms with Gasteiger partial charge in [-0.2, -0.15) is 5.10 Å². The van der Waals surface area contributed by atoms with Gasteiger partial charge in [-0.3, -0.25) is 9.59 Å². The minimum atomic E-state index is -0.174. The van der Waals surface area contributed by atoms with Crippen molar-refractivity contribution in [2.75, 3.05) is 17.7 Å². The van der Waals surface area contributed by atoms with E-state index in [9.17, 15) is 9.59 Å². The molecule has 0 radical (unpaired) electrons. The zero-order valence-electron chi connectivity index (χ0n) is 17.7. The smallest absolute Gasteiger partial charge is 0.275 e. The van der Waals surface area contributed by atoms with Crippen LogP contribution >= 0.6 is 11.8 Å². The molecule has 2 aromatic carbocycles. The first-order valence-corrected chi connectivity index (χ1v) is 11.2. The fourth-order valence-electron chi connectivity index (χ4n) is 3.76. The molecule has 1 aliphatic carbocycles. The summed E-state index contributed by atoms with van der Waals surface area (Å²) in [5.41, 5.74) is 7.49. The van der Waals surface area contributed by atoms with E-state index in [-0.39, 0.29) is 11.8 Å². The average Bonchev–Trinajstić information content (AvgIpc) is 3.56. The van der Waals surface area contributed by atoms with Gasteiger partial charge in [-0.25, -0.2) is 5.43 Å². The number of carbonyl (C=O) groups excluding carboxylic acids is 2.